The molecular weight excluding hydrogens is 512 g/mol. The standard InChI is InChI=1S/C30H36N4O4S/c1-18-4-9-26(38-16-23-8-5-20(13-19(23)2)28(35)33(3)11-10-31)24(12-18)25-17-39-30(32-25)34-14-21-6-7-22(15-34)27(21)29(36)37/h4-5,8-9,12-13,17,21-22,27H,6-7,10-11,14-16,31H2,1-3H3,(H,36,37)/t21-,22+,27+. The first-order chi connectivity index (χ1) is 18.7. The number of ether oxygens (including phenoxy) is 1. The number of hydrogen-bond donors (Lipinski definition) is 2. The number of thiazole rings is 1. The van der Waals surface area contributed by atoms with Crippen LogP contribution in [0, 0.1) is 31.6 Å². The zero-order valence-electron chi connectivity index (χ0n) is 22.7. The largest absolute Gasteiger partial charge is 0.488 e. The van der Waals surface area contributed by atoms with E-state index in [-0.39, 0.29) is 23.7 Å². The van der Waals surface area contributed by atoms with E-state index < -0.39 is 5.97 Å². The first-order valence-corrected chi connectivity index (χ1v) is 14.3. The number of carboxylic acid groups (broad SMARTS) is 1. The molecular formula is C30H36N4O4S. The number of benzene rings is 2. The van der Waals surface area contributed by atoms with Gasteiger partial charge in [0.15, 0.2) is 5.13 Å². The van der Waals surface area contributed by atoms with Crippen LogP contribution >= 0.6 is 11.3 Å². The number of hydrogen-bond acceptors (Lipinski definition) is 7. The number of aromatic nitrogens is 1. The number of aliphatic carboxylic acids is 1. The second-order valence-corrected chi connectivity index (χ2v) is 11.7. The monoisotopic (exact) mass is 548 g/mol. The zero-order chi connectivity index (χ0) is 27.7. The molecule has 3 N–H and O–H groups in total. The maximum atomic E-state index is 12.6. The first-order valence-electron chi connectivity index (χ1n) is 13.5. The van der Waals surface area contributed by atoms with Crippen LogP contribution in [0.2, 0.25) is 0 Å². The van der Waals surface area contributed by atoms with E-state index in [1.165, 1.54) is 0 Å². The molecule has 206 valence electrons. The fourth-order valence-electron chi connectivity index (χ4n) is 5.95. The Bertz CT molecular complexity index is 1360. The molecule has 0 unspecified atom stereocenters. The number of carboxylic acids is 1. The Morgan fingerprint density at radius 2 is 1.90 bits per heavy atom. The van der Waals surface area contributed by atoms with E-state index in [1.54, 1.807) is 23.3 Å². The van der Waals surface area contributed by atoms with Gasteiger partial charge in [0.25, 0.3) is 5.91 Å². The van der Waals surface area contributed by atoms with E-state index in [0.29, 0.717) is 25.3 Å². The van der Waals surface area contributed by atoms with Crippen molar-refractivity contribution in [1.82, 2.24) is 9.88 Å². The van der Waals surface area contributed by atoms with Gasteiger partial charge in [-0.05, 0) is 73.9 Å². The summed E-state index contributed by atoms with van der Waals surface area (Å²) in [7, 11) is 1.76. The highest BCUT2D eigenvalue weighted by Gasteiger charge is 2.46. The Labute approximate surface area is 233 Å². The third-order valence-electron chi connectivity index (χ3n) is 8.08. The summed E-state index contributed by atoms with van der Waals surface area (Å²) < 4.78 is 6.31. The van der Waals surface area contributed by atoms with Gasteiger partial charge in [0.1, 0.15) is 12.4 Å². The van der Waals surface area contributed by atoms with Gasteiger partial charge in [-0.15, -0.1) is 11.3 Å². The predicted molar refractivity (Wildman–Crippen MR) is 153 cm³/mol. The van der Waals surface area contributed by atoms with Crippen molar-refractivity contribution in [2.24, 2.45) is 23.5 Å². The number of likely N-dealkylation sites (N-methyl/N-ethyl adjacent to an activating group) is 1. The minimum absolute atomic E-state index is 0.0450. The summed E-state index contributed by atoms with van der Waals surface area (Å²) in [6.07, 6.45) is 1.95. The topological polar surface area (TPSA) is 109 Å². The molecule has 2 aliphatic rings. The maximum absolute atomic E-state index is 12.6. The van der Waals surface area contributed by atoms with Gasteiger partial charge in [-0.25, -0.2) is 4.98 Å². The molecule has 1 aliphatic carbocycles. The number of rotatable bonds is 9. The zero-order valence-corrected chi connectivity index (χ0v) is 23.5. The average Bonchev–Trinajstić information content (AvgIpc) is 3.51. The summed E-state index contributed by atoms with van der Waals surface area (Å²) >= 11 is 1.60. The highest BCUT2D eigenvalue weighted by Crippen LogP contribution is 2.44. The molecule has 5 rings (SSSR count). The lowest BCUT2D eigenvalue weighted by molar-refractivity contribution is -0.144. The lowest BCUT2D eigenvalue weighted by Gasteiger charge is -2.35. The van der Waals surface area contributed by atoms with Crippen LogP contribution in [0.25, 0.3) is 11.3 Å². The molecule has 9 heteroatoms. The molecule has 1 aliphatic heterocycles. The number of nitrogens with zero attached hydrogens (tertiary/aromatic N) is 3. The van der Waals surface area contributed by atoms with Crippen LogP contribution < -0.4 is 15.4 Å². The van der Waals surface area contributed by atoms with Crippen molar-refractivity contribution >= 4 is 28.3 Å². The Balaban J connectivity index is 1.31. The Kier molecular flexibility index (Phi) is 7.91. The Morgan fingerprint density at radius 3 is 2.56 bits per heavy atom. The number of nitrogens with two attached hydrogens (primary N) is 1. The van der Waals surface area contributed by atoms with E-state index in [1.807, 2.05) is 37.3 Å². The second-order valence-electron chi connectivity index (χ2n) is 10.8. The SMILES string of the molecule is Cc1ccc(OCc2ccc(C(=O)N(C)CCN)cc2C)c(-c2csc(N3C[C@H]4CC[C@@H](C3)[C@H]4C(=O)O)n2)c1. The van der Waals surface area contributed by atoms with Gasteiger partial charge in [0, 0.05) is 49.7 Å². The summed E-state index contributed by atoms with van der Waals surface area (Å²) in [6.45, 7) is 6.85. The number of amides is 1. The lowest BCUT2D eigenvalue weighted by atomic mass is 9.85. The average molecular weight is 549 g/mol. The molecule has 0 radical (unpaired) electrons. The molecule has 2 fully saturated rings. The molecule has 8 nitrogen and oxygen atoms in total. The smallest absolute Gasteiger partial charge is 0.307 e. The van der Waals surface area contributed by atoms with Crippen LogP contribution in [-0.4, -0.2) is 60.1 Å². The molecule has 3 aromatic rings. The van der Waals surface area contributed by atoms with Crippen molar-refractivity contribution in [3.8, 4) is 17.0 Å². The fourth-order valence-corrected chi connectivity index (χ4v) is 6.79. The molecule has 3 atom stereocenters. The van der Waals surface area contributed by atoms with E-state index in [2.05, 4.69) is 23.3 Å². The van der Waals surface area contributed by atoms with Crippen LogP contribution in [0.15, 0.2) is 41.8 Å². The molecule has 2 heterocycles. The Morgan fingerprint density at radius 1 is 1.15 bits per heavy atom. The summed E-state index contributed by atoms with van der Waals surface area (Å²) in [5.41, 5.74) is 11.1. The predicted octanol–water partition coefficient (Wildman–Crippen LogP) is 4.58. The van der Waals surface area contributed by atoms with E-state index in [9.17, 15) is 14.7 Å². The molecule has 1 amide bonds. The molecule has 39 heavy (non-hydrogen) atoms. The van der Waals surface area contributed by atoms with Crippen LogP contribution in [0.4, 0.5) is 5.13 Å². The number of piperidine rings is 1. The van der Waals surface area contributed by atoms with Crippen LogP contribution in [-0.2, 0) is 11.4 Å². The van der Waals surface area contributed by atoms with Crippen molar-refractivity contribution in [2.45, 2.75) is 33.3 Å². The van der Waals surface area contributed by atoms with Gasteiger partial charge in [-0.1, -0.05) is 17.7 Å². The second kappa shape index (κ2) is 11.4. The van der Waals surface area contributed by atoms with Crippen LogP contribution in [0.5, 0.6) is 5.75 Å². The first kappa shape index (κ1) is 27.1. The highest BCUT2D eigenvalue weighted by atomic mass is 32.1. The minimum Gasteiger partial charge on any atom is -0.488 e. The van der Waals surface area contributed by atoms with Crippen molar-refractivity contribution < 1.29 is 19.4 Å². The third kappa shape index (κ3) is 5.65. The van der Waals surface area contributed by atoms with Gasteiger partial charge in [-0.3, -0.25) is 9.59 Å². The van der Waals surface area contributed by atoms with Crippen molar-refractivity contribution in [2.75, 3.05) is 38.1 Å². The van der Waals surface area contributed by atoms with E-state index in [4.69, 9.17) is 15.5 Å². The van der Waals surface area contributed by atoms with Gasteiger partial charge < -0.3 is 25.4 Å². The van der Waals surface area contributed by atoms with Crippen LogP contribution in [0.3, 0.4) is 0 Å². The van der Waals surface area contributed by atoms with E-state index in [0.717, 1.165) is 64.8 Å². The number of anilines is 1. The minimum atomic E-state index is -0.654. The normalized spacial score (nSPS) is 20.2. The van der Waals surface area contributed by atoms with Gasteiger partial charge in [-0.2, -0.15) is 0 Å². The van der Waals surface area contributed by atoms with Crippen molar-refractivity contribution in [3.63, 3.8) is 0 Å². The number of carbonyl (C=O) groups excluding carboxylic acids is 1. The van der Waals surface area contributed by atoms with Gasteiger partial charge >= 0.3 is 5.97 Å². The summed E-state index contributed by atoms with van der Waals surface area (Å²) in [4.78, 5) is 33.2. The van der Waals surface area contributed by atoms with Gasteiger partial charge in [0.2, 0.25) is 0 Å². The highest BCUT2D eigenvalue weighted by molar-refractivity contribution is 7.14. The number of fused-ring (bicyclic) bond motifs is 2. The maximum Gasteiger partial charge on any atom is 0.307 e. The quantitative estimate of drug-likeness (QED) is 0.403. The van der Waals surface area contributed by atoms with E-state index >= 15 is 0 Å². The number of carbonyl (C=O) groups is 2. The third-order valence-corrected chi connectivity index (χ3v) is 8.98. The molecule has 1 saturated heterocycles. The summed E-state index contributed by atoms with van der Waals surface area (Å²) in [5.74, 6) is 0.217. The molecule has 0 spiro atoms. The van der Waals surface area contributed by atoms with Crippen molar-refractivity contribution in [1.29, 1.82) is 0 Å². The molecule has 2 bridgehead atoms. The molecule has 1 saturated carbocycles. The summed E-state index contributed by atoms with van der Waals surface area (Å²) in [6, 6.07) is 11.8. The fraction of sp³-hybridized carbons (Fsp3) is 0.433. The Hall–Kier alpha value is -3.43. The molecule has 1 aromatic heterocycles. The van der Waals surface area contributed by atoms with Crippen LogP contribution in [0.1, 0.15) is 39.9 Å². The number of aryl methyl sites for hydroxylation is 2. The molecule has 2 aromatic carbocycles. The van der Waals surface area contributed by atoms with Crippen molar-refractivity contribution in [3.05, 3.63) is 64.0 Å². The summed E-state index contributed by atoms with van der Waals surface area (Å²) in [5, 5.41) is 12.6. The lowest BCUT2D eigenvalue weighted by Crippen LogP contribution is -2.44. The van der Waals surface area contributed by atoms with Gasteiger partial charge in [0.05, 0.1) is 11.6 Å².